The molecule has 0 heterocycles. The second-order valence-electron chi connectivity index (χ2n) is 20.6. The van der Waals surface area contributed by atoms with Crippen LogP contribution in [0.3, 0.4) is 0 Å². The highest BCUT2D eigenvalue weighted by Gasteiger charge is 2.19. The average molecular weight is 1070 g/mol. The number of unbranched alkanes of at least 4 members (excludes halogenated alkanes) is 23. The van der Waals surface area contributed by atoms with Gasteiger partial charge < -0.3 is 14.2 Å². The molecule has 0 bridgehead atoms. The van der Waals surface area contributed by atoms with E-state index in [0.29, 0.717) is 19.3 Å². The van der Waals surface area contributed by atoms with Crippen LogP contribution in [0.25, 0.3) is 0 Å². The van der Waals surface area contributed by atoms with Crippen LogP contribution in [0.4, 0.5) is 0 Å². The molecule has 0 saturated carbocycles. The van der Waals surface area contributed by atoms with Crippen molar-refractivity contribution in [1.29, 1.82) is 0 Å². The maximum absolute atomic E-state index is 12.9. The van der Waals surface area contributed by atoms with Crippen molar-refractivity contribution in [3.05, 3.63) is 134 Å². The van der Waals surface area contributed by atoms with Crippen molar-refractivity contribution in [3.8, 4) is 0 Å². The molecule has 6 heteroatoms. The standard InChI is InChI=1S/C71H116O6/c1-4-7-10-13-16-19-22-25-28-30-32-34-35-37-38-40-43-46-49-52-55-58-61-64-70(73)76-67-68(66-75-69(72)63-60-57-54-51-48-45-42-27-24-21-18-15-12-9-6-3)77-71(74)65-62-59-56-53-50-47-44-41-39-36-33-31-29-26-23-20-17-14-11-8-5-2/h7-8,10-11,16-17,19-20,25-26,28-29,32-34,36-38,43,46,52,55,68H,4-6,9,12-15,18,21-24,27,30-31,35,39-42,44-45,47-51,53-54,56-67H2,1-3H3/b10-7-,11-8-,19-16-,20-17-,28-25-,29-26-,34-32-,36-33-,38-37-,46-43-,55-52-. The Morgan fingerprint density at radius 3 is 0.844 bits per heavy atom. The molecule has 436 valence electrons. The quantitative estimate of drug-likeness (QED) is 0.0261. The molecular formula is C71H116O6. The monoisotopic (exact) mass is 1060 g/mol. The van der Waals surface area contributed by atoms with Crippen LogP contribution >= 0.6 is 0 Å². The van der Waals surface area contributed by atoms with Crippen molar-refractivity contribution in [1.82, 2.24) is 0 Å². The van der Waals surface area contributed by atoms with Gasteiger partial charge in [0.2, 0.25) is 0 Å². The van der Waals surface area contributed by atoms with E-state index in [-0.39, 0.29) is 37.5 Å². The lowest BCUT2D eigenvalue weighted by molar-refractivity contribution is -0.167. The van der Waals surface area contributed by atoms with Gasteiger partial charge in [-0.05, 0) is 109 Å². The van der Waals surface area contributed by atoms with E-state index in [1.54, 1.807) is 0 Å². The topological polar surface area (TPSA) is 78.9 Å². The molecule has 0 aromatic rings. The summed E-state index contributed by atoms with van der Waals surface area (Å²) in [6.07, 6.45) is 90.2. The summed E-state index contributed by atoms with van der Waals surface area (Å²) in [4.78, 5) is 38.3. The Balaban J connectivity index is 4.50. The van der Waals surface area contributed by atoms with E-state index in [2.05, 4.69) is 154 Å². The van der Waals surface area contributed by atoms with E-state index in [1.807, 2.05) is 0 Å². The van der Waals surface area contributed by atoms with Crippen molar-refractivity contribution in [3.63, 3.8) is 0 Å². The van der Waals surface area contributed by atoms with E-state index in [9.17, 15) is 14.4 Å². The molecule has 0 aliphatic carbocycles. The fourth-order valence-corrected chi connectivity index (χ4v) is 8.48. The van der Waals surface area contributed by atoms with Crippen LogP contribution < -0.4 is 0 Å². The Morgan fingerprint density at radius 1 is 0.273 bits per heavy atom. The second kappa shape index (κ2) is 64.1. The summed E-state index contributed by atoms with van der Waals surface area (Å²) in [6.45, 7) is 6.37. The molecule has 0 aliphatic heterocycles. The molecule has 0 radical (unpaired) electrons. The highest BCUT2D eigenvalue weighted by molar-refractivity contribution is 5.71. The van der Waals surface area contributed by atoms with Crippen LogP contribution in [-0.4, -0.2) is 37.2 Å². The molecule has 0 aliphatic rings. The molecule has 0 aromatic carbocycles. The predicted molar refractivity (Wildman–Crippen MR) is 334 cm³/mol. The normalized spacial score (nSPS) is 13.0. The van der Waals surface area contributed by atoms with Crippen molar-refractivity contribution >= 4 is 17.9 Å². The Hall–Kier alpha value is -4.45. The molecule has 0 fully saturated rings. The fraction of sp³-hybridized carbons (Fsp3) is 0.648. The van der Waals surface area contributed by atoms with Gasteiger partial charge in [0.1, 0.15) is 13.2 Å². The zero-order chi connectivity index (χ0) is 55.7. The highest BCUT2D eigenvalue weighted by atomic mass is 16.6. The molecule has 0 saturated heterocycles. The highest BCUT2D eigenvalue weighted by Crippen LogP contribution is 2.16. The van der Waals surface area contributed by atoms with Gasteiger partial charge in [0.05, 0.1) is 0 Å². The number of allylic oxidation sites excluding steroid dienone is 22. The zero-order valence-corrected chi connectivity index (χ0v) is 49.9. The van der Waals surface area contributed by atoms with Crippen LogP contribution in [-0.2, 0) is 28.6 Å². The van der Waals surface area contributed by atoms with E-state index in [4.69, 9.17) is 14.2 Å². The number of hydrogen-bond acceptors (Lipinski definition) is 6. The van der Waals surface area contributed by atoms with E-state index in [1.165, 1.54) is 109 Å². The van der Waals surface area contributed by atoms with Gasteiger partial charge >= 0.3 is 17.9 Å². The Bertz CT molecular complexity index is 1650. The maximum Gasteiger partial charge on any atom is 0.306 e. The number of ether oxygens (including phenoxy) is 3. The van der Waals surface area contributed by atoms with Crippen LogP contribution in [0.15, 0.2) is 134 Å². The molecule has 0 aromatic heterocycles. The van der Waals surface area contributed by atoms with E-state index < -0.39 is 6.10 Å². The first-order chi connectivity index (χ1) is 38.0. The number of carbonyl (C=O) groups is 3. The lowest BCUT2D eigenvalue weighted by atomic mass is 10.0. The van der Waals surface area contributed by atoms with Gasteiger partial charge in [0.15, 0.2) is 6.10 Å². The van der Waals surface area contributed by atoms with Gasteiger partial charge in [-0.3, -0.25) is 14.4 Å². The average Bonchev–Trinajstić information content (AvgIpc) is 3.43. The van der Waals surface area contributed by atoms with Gasteiger partial charge in [-0.1, -0.05) is 283 Å². The molecular weight excluding hydrogens is 949 g/mol. The lowest BCUT2D eigenvalue weighted by Crippen LogP contribution is -2.30. The number of hydrogen-bond donors (Lipinski definition) is 0. The SMILES string of the molecule is CC/C=C\C/C=C\C/C=C\C/C=C\C/C=C\C/C=C\C/C=C\CCCC(=O)OCC(COC(=O)CCCCCCCCCCCCCCCCC)OC(=O)CCCCCCCCCC/C=C\C/C=C\C/C=C\C/C=C\CC. The molecule has 0 spiro atoms. The Kier molecular flexibility index (Phi) is 60.4. The fourth-order valence-electron chi connectivity index (χ4n) is 8.48. The van der Waals surface area contributed by atoms with Gasteiger partial charge in [0.25, 0.3) is 0 Å². The van der Waals surface area contributed by atoms with Gasteiger partial charge in [-0.2, -0.15) is 0 Å². The van der Waals surface area contributed by atoms with Gasteiger partial charge in [-0.15, -0.1) is 0 Å². The molecule has 0 N–H and O–H groups in total. The third kappa shape index (κ3) is 62.3. The molecule has 1 atom stereocenters. The van der Waals surface area contributed by atoms with Crippen molar-refractivity contribution < 1.29 is 28.6 Å². The summed E-state index contributed by atoms with van der Waals surface area (Å²) in [5.74, 6) is -0.967. The van der Waals surface area contributed by atoms with Crippen LogP contribution in [0.5, 0.6) is 0 Å². The number of esters is 3. The third-order valence-electron chi connectivity index (χ3n) is 13.2. The van der Waals surface area contributed by atoms with Crippen LogP contribution in [0.2, 0.25) is 0 Å². The summed E-state index contributed by atoms with van der Waals surface area (Å²) < 4.78 is 16.9. The minimum atomic E-state index is -0.811. The molecule has 0 amide bonds. The maximum atomic E-state index is 12.9. The van der Waals surface area contributed by atoms with Gasteiger partial charge in [-0.25, -0.2) is 0 Å². The number of carbonyl (C=O) groups excluding carboxylic acids is 3. The second-order valence-corrected chi connectivity index (χ2v) is 20.6. The van der Waals surface area contributed by atoms with Gasteiger partial charge in [0, 0.05) is 19.3 Å². The summed E-state index contributed by atoms with van der Waals surface area (Å²) in [5.41, 5.74) is 0. The smallest absolute Gasteiger partial charge is 0.306 e. The van der Waals surface area contributed by atoms with Crippen molar-refractivity contribution in [2.75, 3.05) is 13.2 Å². The predicted octanol–water partition coefficient (Wildman–Crippen LogP) is 21.8. The van der Waals surface area contributed by atoms with E-state index >= 15 is 0 Å². The van der Waals surface area contributed by atoms with Crippen molar-refractivity contribution in [2.24, 2.45) is 0 Å². The largest absolute Gasteiger partial charge is 0.462 e. The Morgan fingerprint density at radius 2 is 0.519 bits per heavy atom. The summed E-state index contributed by atoms with van der Waals surface area (Å²) >= 11 is 0. The molecule has 6 nitrogen and oxygen atoms in total. The lowest BCUT2D eigenvalue weighted by Gasteiger charge is -2.18. The minimum Gasteiger partial charge on any atom is -0.462 e. The zero-order valence-electron chi connectivity index (χ0n) is 49.9. The molecule has 1 unspecified atom stereocenters. The molecule has 0 rings (SSSR count). The Labute approximate surface area is 475 Å². The van der Waals surface area contributed by atoms with E-state index in [0.717, 1.165) is 122 Å². The summed E-state index contributed by atoms with van der Waals surface area (Å²) in [5, 5.41) is 0. The first-order valence-electron chi connectivity index (χ1n) is 31.7. The number of rotatable bonds is 56. The third-order valence-corrected chi connectivity index (χ3v) is 13.2. The molecule has 77 heavy (non-hydrogen) atoms. The van der Waals surface area contributed by atoms with Crippen LogP contribution in [0, 0.1) is 0 Å². The summed E-state index contributed by atoms with van der Waals surface area (Å²) in [6, 6.07) is 0. The minimum absolute atomic E-state index is 0.101. The van der Waals surface area contributed by atoms with Crippen LogP contribution in [0.1, 0.15) is 278 Å². The van der Waals surface area contributed by atoms with Crippen molar-refractivity contribution in [2.45, 2.75) is 284 Å². The first kappa shape index (κ1) is 72.5. The first-order valence-corrected chi connectivity index (χ1v) is 31.7. The summed E-state index contributed by atoms with van der Waals surface area (Å²) in [7, 11) is 0.